The molecule has 2 unspecified atom stereocenters. The predicted octanol–water partition coefficient (Wildman–Crippen LogP) is 1.91. The second-order valence-corrected chi connectivity index (χ2v) is 5.70. The van der Waals surface area contributed by atoms with E-state index in [0.717, 1.165) is 38.5 Å². The van der Waals surface area contributed by atoms with Gasteiger partial charge in [0.05, 0.1) is 0 Å². The Bertz CT molecular complexity index is 252. The van der Waals surface area contributed by atoms with Crippen molar-refractivity contribution in [3.8, 4) is 0 Å². The van der Waals surface area contributed by atoms with E-state index in [2.05, 4.69) is 24.1 Å². The van der Waals surface area contributed by atoms with Crippen LogP contribution in [0.3, 0.4) is 0 Å². The Hall–Kier alpha value is -0.280. The summed E-state index contributed by atoms with van der Waals surface area (Å²) in [6.45, 7) is 8.64. The van der Waals surface area contributed by atoms with Gasteiger partial charge in [-0.25, -0.2) is 0 Å². The van der Waals surface area contributed by atoms with Crippen LogP contribution in [0.15, 0.2) is 0 Å². The van der Waals surface area contributed by atoms with E-state index < -0.39 is 0 Å². The van der Waals surface area contributed by atoms with Crippen LogP contribution >= 0.6 is 12.4 Å². The smallest absolute Gasteiger partial charge is 0.222 e. The summed E-state index contributed by atoms with van der Waals surface area (Å²) in [5, 5.41) is 3.32. The van der Waals surface area contributed by atoms with Gasteiger partial charge in [-0.1, -0.05) is 13.8 Å². The Balaban J connectivity index is 0.00000144. The second kappa shape index (κ2) is 6.60. The standard InChI is InChI=1S/C13H24N2O.ClH/c1-10(2)12-4-6-15(9-12)13(16)7-11-3-5-14-8-11;/h10-12,14H,3-9H2,1-2H3;1H. The quantitative estimate of drug-likeness (QED) is 0.841. The van der Waals surface area contributed by atoms with E-state index in [-0.39, 0.29) is 12.4 Å². The highest BCUT2D eigenvalue weighted by Crippen LogP contribution is 2.25. The number of carbonyl (C=O) groups excluding carboxylic acids is 1. The molecule has 3 nitrogen and oxygen atoms in total. The first-order chi connectivity index (χ1) is 7.66. The molecule has 2 heterocycles. The van der Waals surface area contributed by atoms with Gasteiger partial charge in [-0.05, 0) is 43.7 Å². The second-order valence-electron chi connectivity index (χ2n) is 5.70. The summed E-state index contributed by atoms with van der Waals surface area (Å²) in [5.74, 6) is 2.42. The van der Waals surface area contributed by atoms with Crippen molar-refractivity contribution in [2.24, 2.45) is 17.8 Å². The largest absolute Gasteiger partial charge is 0.342 e. The first-order valence-corrected chi connectivity index (χ1v) is 6.65. The monoisotopic (exact) mass is 260 g/mol. The highest BCUT2D eigenvalue weighted by Gasteiger charge is 2.29. The van der Waals surface area contributed by atoms with Gasteiger partial charge in [0, 0.05) is 19.5 Å². The van der Waals surface area contributed by atoms with Gasteiger partial charge in [-0.2, -0.15) is 0 Å². The molecule has 2 aliphatic rings. The molecule has 0 aliphatic carbocycles. The summed E-state index contributed by atoms with van der Waals surface area (Å²) in [6, 6.07) is 0. The van der Waals surface area contributed by atoms with Crippen LogP contribution in [0.4, 0.5) is 0 Å². The molecule has 2 atom stereocenters. The Morgan fingerprint density at radius 1 is 1.41 bits per heavy atom. The lowest BCUT2D eigenvalue weighted by molar-refractivity contribution is -0.131. The Labute approximate surface area is 111 Å². The van der Waals surface area contributed by atoms with Crippen molar-refractivity contribution in [3.05, 3.63) is 0 Å². The van der Waals surface area contributed by atoms with Gasteiger partial charge in [-0.15, -0.1) is 12.4 Å². The van der Waals surface area contributed by atoms with Crippen molar-refractivity contribution in [1.82, 2.24) is 10.2 Å². The van der Waals surface area contributed by atoms with E-state index in [1.54, 1.807) is 0 Å². The lowest BCUT2D eigenvalue weighted by Gasteiger charge is -2.19. The zero-order valence-corrected chi connectivity index (χ0v) is 11.8. The number of hydrogen-bond donors (Lipinski definition) is 1. The van der Waals surface area contributed by atoms with Crippen LogP contribution in [0.25, 0.3) is 0 Å². The zero-order valence-electron chi connectivity index (χ0n) is 10.9. The summed E-state index contributed by atoms with van der Waals surface area (Å²) in [5.41, 5.74) is 0. The number of halogens is 1. The van der Waals surface area contributed by atoms with Crippen LogP contribution in [-0.2, 0) is 4.79 Å². The molecular weight excluding hydrogens is 236 g/mol. The van der Waals surface area contributed by atoms with Crippen LogP contribution in [0, 0.1) is 17.8 Å². The lowest BCUT2D eigenvalue weighted by atomic mass is 9.95. The molecule has 17 heavy (non-hydrogen) atoms. The SMILES string of the molecule is CC(C)C1CCN(C(=O)CC2CCNC2)C1.Cl. The van der Waals surface area contributed by atoms with Gasteiger partial charge in [-0.3, -0.25) is 4.79 Å². The van der Waals surface area contributed by atoms with Crippen molar-refractivity contribution in [3.63, 3.8) is 0 Å². The third kappa shape index (κ3) is 3.85. The maximum Gasteiger partial charge on any atom is 0.222 e. The minimum absolute atomic E-state index is 0. The molecule has 2 aliphatic heterocycles. The van der Waals surface area contributed by atoms with Gasteiger partial charge in [0.25, 0.3) is 0 Å². The van der Waals surface area contributed by atoms with Crippen LogP contribution in [-0.4, -0.2) is 37.0 Å². The third-order valence-corrected chi connectivity index (χ3v) is 4.15. The average Bonchev–Trinajstić information content (AvgIpc) is 2.86. The molecule has 2 fully saturated rings. The molecule has 1 amide bonds. The summed E-state index contributed by atoms with van der Waals surface area (Å²) in [6.07, 6.45) is 3.14. The van der Waals surface area contributed by atoms with Gasteiger partial charge in [0.2, 0.25) is 5.91 Å². The minimum Gasteiger partial charge on any atom is -0.342 e. The normalized spacial score (nSPS) is 28.5. The molecule has 2 rings (SSSR count). The number of likely N-dealkylation sites (tertiary alicyclic amines) is 1. The maximum absolute atomic E-state index is 12.1. The minimum atomic E-state index is 0. The fourth-order valence-electron chi connectivity index (χ4n) is 2.82. The average molecular weight is 261 g/mol. The Morgan fingerprint density at radius 3 is 2.71 bits per heavy atom. The molecule has 100 valence electrons. The van der Waals surface area contributed by atoms with Crippen molar-refractivity contribution in [2.45, 2.75) is 33.1 Å². The number of carbonyl (C=O) groups is 1. The summed E-state index contributed by atoms with van der Waals surface area (Å²) >= 11 is 0. The highest BCUT2D eigenvalue weighted by atomic mass is 35.5. The highest BCUT2D eigenvalue weighted by molar-refractivity contribution is 5.85. The van der Waals surface area contributed by atoms with Gasteiger partial charge in [0.15, 0.2) is 0 Å². The number of hydrogen-bond acceptors (Lipinski definition) is 2. The van der Waals surface area contributed by atoms with Crippen molar-refractivity contribution >= 4 is 18.3 Å². The predicted molar refractivity (Wildman–Crippen MR) is 72.4 cm³/mol. The van der Waals surface area contributed by atoms with Gasteiger partial charge < -0.3 is 10.2 Å². The molecule has 0 radical (unpaired) electrons. The van der Waals surface area contributed by atoms with E-state index in [1.807, 2.05) is 0 Å². The van der Waals surface area contributed by atoms with Gasteiger partial charge >= 0.3 is 0 Å². The van der Waals surface area contributed by atoms with Crippen LogP contribution in [0.2, 0.25) is 0 Å². The van der Waals surface area contributed by atoms with Crippen LogP contribution < -0.4 is 5.32 Å². The lowest BCUT2D eigenvalue weighted by Crippen LogP contribution is -2.31. The molecule has 1 N–H and O–H groups in total. The first-order valence-electron chi connectivity index (χ1n) is 6.65. The third-order valence-electron chi connectivity index (χ3n) is 4.15. The Kier molecular flexibility index (Phi) is 5.74. The van der Waals surface area contributed by atoms with Crippen molar-refractivity contribution in [1.29, 1.82) is 0 Å². The molecule has 4 heteroatoms. The fourth-order valence-corrected chi connectivity index (χ4v) is 2.82. The maximum atomic E-state index is 12.1. The molecule has 0 bridgehead atoms. The summed E-state index contributed by atoms with van der Waals surface area (Å²) in [7, 11) is 0. The fraction of sp³-hybridized carbons (Fsp3) is 0.923. The summed E-state index contributed by atoms with van der Waals surface area (Å²) < 4.78 is 0. The van der Waals surface area contributed by atoms with E-state index in [0.29, 0.717) is 17.7 Å². The zero-order chi connectivity index (χ0) is 11.5. The van der Waals surface area contributed by atoms with E-state index in [9.17, 15) is 4.79 Å². The van der Waals surface area contributed by atoms with Crippen molar-refractivity contribution in [2.75, 3.05) is 26.2 Å². The van der Waals surface area contributed by atoms with Crippen LogP contribution in [0.5, 0.6) is 0 Å². The molecule has 0 saturated carbocycles. The molecule has 0 spiro atoms. The van der Waals surface area contributed by atoms with Gasteiger partial charge in [0.1, 0.15) is 0 Å². The topological polar surface area (TPSA) is 32.3 Å². The number of nitrogens with one attached hydrogen (secondary N) is 1. The van der Waals surface area contributed by atoms with Crippen LogP contribution in [0.1, 0.15) is 33.1 Å². The first kappa shape index (κ1) is 14.8. The van der Waals surface area contributed by atoms with E-state index in [1.165, 1.54) is 12.8 Å². The molecule has 0 aromatic heterocycles. The number of nitrogens with zero attached hydrogens (tertiary/aromatic N) is 1. The Morgan fingerprint density at radius 2 is 2.18 bits per heavy atom. The molecule has 0 aromatic rings. The summed E-state index contributed by atoms with van der Waals surface area (Å²) in [4.78, 5) is 14.2. The van der Waals surface area contributed by atoms with E-state index in [4.69, 9.17) is 0 Å². The molecular formula is C13H25ClN2O. The van der Waals surface area contributed by atoms with Crippen molar-refractivity contribution < 1.29 is 4.79 Å². The number of rotatable bonds is 3. The van der Waals surface area contributed by atoms with E-state index >= 15 is 0 Å². The number of amides is 1. The molecule has 2 saturated heterocycles. The molecule has 0 aromatic carbocycles.